The smallest absolute Gasteiger partial charge is 0.135 e. The first-order valence-electron chi connectivity index (χ1n) is 9.47. The summed E-state index contributed by atoms with van der Waals surface area (Å²) in [6.07, 6.45) is 6.75. The second-order valence-electron chi connectivity index (χ2n) is 7.30. The first-order valence-corrected chi connectivity index (χ1v) is 9.47. The van der Waals surface area contributed by atoms with E-state index in [4.69, 9.17) is 0 Å². The van der Waals surface area contributed by atoms with Crippen LogP contribution in [0, 0.1) is 5.92 Å². The van der Waals surface area contributed by atoms with Crippen LogP contribution in [0.5, 0.6) is 0 Å². The van der Waals surface area contributed by atoms with Crippen LogP contribution < -0.4 is 15.1 Å². The molecule has 3 heterocycles. The maximum Gasteiger partial charge on any atom is 0.135 e. The lowest BCUT2D eigenvalue weighted by Crippen LogP contribution is -2.33. The highest BCUT2D eigenvalue weighted by atomic mass is 15.2. The van der Waals surface area contributed by atoms with E-state index in [1.54, 1.807) is 6.33 Å². The Kier molecular flexibility index (Phi) is 4.72. The van der Waals surface area contributed by atoms with Gasteiger partial charge in [-0.1, -0.05) is 6.92 Å². The zero-order valence-electron chi connectivity index (χ0n) is 15.0. The lowest BCUT2D eigenvalue weighted by Gasteiger charge is -2.31. The summed E-state index contributed by atoms with van der Waals surface area (Å²) >= 11 is 0. The molecule has 4 rings (SSSR count). The van der Waals surface area contributed by atoms with E-state index in [1.165, 1.54) is 44.5 Å². The van der Waals surface area contributed by atoms with Crippen molar-refractivity contribution < 1.29 is 0 Å². The maximum atomic E-state index is 4.46. The zero-order valence-corrected chi connectivity index (χ0v) is 15.0. The molecule has 0 amide bonds. The number of rotatable bonds is 4. The van der Waals surface area contributed by atoms with Crippen molar-refractivity contribution in [2.75, 3.05) is 41.3 Å². The lowest BCUT2D eigenvalue weighted by atomic mass is 9.99. The molecule has 0 aliphatic carbocycles. The number of hydrogen-bond donors (Lipinski definition) is 1. The molecule has 2 saturated heterocycles. The van der Waals surface area contributed by atoms with Gasteiger partial charge in [0, 0.05) is 43.6 Å². The quantitative estimate of drug-likeness (QED) is 0.911. The molecule has 2 aromatic rings. The van der Waals surface area contributed by atoms with Gasteiger partial charge in [-0.2, -0.15) is 0 Å². The predicted octanol–water partition coefficient (Wildman–Crippen LogP) is 4.06. The average Bonchev–Trinajstić information content (AvgIpc) is 3.18. The molecule has 0 atom stereocenters. The van der Waals surface area contributed by atoms with Crippen LogP contribution in [0.1, 0.15) is 32.6 Å². The highest BCUT2D eigenvalue weighted by Crippen LogP contribution is 2.25. The number of nitrogens with zero attached hydrogens (tertiary/aromatic N) is 4. The summed E-state index contributed by atoms with van der Waals surface area (Å²) in [7, 11) is 0. The molecule has 5 nitrogen and oxygen atoms in total. The highest BCUT2D eigenvalue weighted by molar-refractivity contribution is 5.62. The van der Waals surface area contributed by atoms with Crippen molar-refractivity contribution in [1.29, 1.82) is 0 Å². The van der Waals surface area contributed by atoms with E-state index in [-0.39, 0.29) is 0 Å². The largest absolute Gasteiger partial charge is 0.372 e. The molecule has 5 heteroatoms. The molecule has 25 heavy (non-hydrogen) atoms. The van der Waals surface area contributed by atoms with Gasteiger partial charge in [-0.25, -0.2) is 9.97 Å². The Hall–Kier alpha value is -2.30. The molecule has 132 valence electrons. The number of hydrogen-bond acceptors (Lipinski definition) is 5. The topological polar surface area (TPSA) is 44.3 Å². The Morgan fingerprint density at radius 3 is 2.36 bits per heavy atom. The third-order valence-electron chi connectivity index (χ3n) is 5.37. The number of benzene rings is 1. The van der Waals surface area contributed by atoms with Crippen LogP contribution in [0.15, 0.2) is 36.7 Å². The highest BCUT2D eigenvalue weighted by Gasteiger charge is 2.17. The average molecular weight is 337 g/mol. The van der Waals surface area contributed by atoms with Gasteiger partial charge in [0.25, 0.3) is 0 Å². The van der Waals surface area contributed by atoms with Gasteiger partial charge in [0.1, 0.15) is 18.0 Å². The van der Waals surface area contributed by atoms with Gasteiger partial charge in [-0.15, -0.1) is 0 Å². The molecule has 0 radical (unpaired) electrons. The summed E-state index contributed by atoms with van der Waals surface area (Å²) in [6.45, 7) is 6.85. The fourth-order valence-corrected chi connectivity index (χ4v) is 3.70. The lowest BCUT2D eigenvalue weighted by molar-refractivity contribution is 0.436. The SMILES string of the molecule is CC1CCN(c2cc(Nc3ccc(N4CCCC4)cc3)ncn2)CC1. The van der Waals surface area contributed by atoms with Gasteiger partial charge in [-0.3, -0.25) is 0 Å². The zero-order chi connectivity index (χ0) is 17.1. The third-order valence-corrected chi connectivity index (χ3v) is 5.37. The number of aromatic nitrogens is 2. The standard InChI is InChI=1S/C20H27N5/c1-16-8-12-25(13-9-16)20-14-19(21-15-22-20)23-17-4-6-18(7-5-17)24-10-2-3-11-24/h4-7,14-16H,2-3,8-13H2,1H3,(H,21,22,23). The Morgan fingerprint density at radius 2 is 1.64 bits per heavy atom. The van der Waals surface area contributed by atoms with Crippen LogP contribution in [0.3, 0.4) is 0 Å². The summed E-state index contributed by atoms with van der Waals surface area (Å²) in [4.78, 5) is 13.7. The minimum atomic E-state index is 0.824. The number of nitrogens with one attached hydrogen (secondary N) is 1. The van der Waals surface area contributed by atoms with Gasteiger partial charge in [0.05, 0.1) is 0 Å². The monoisotopic (exact) mass is 337 g/mol. The van der Waals surface area contributed by atoms with Crippen LogP contribution in [-0.4, -0.2) is 36.1 Å². The third kappa shape index (κ3) is 3.86. The van der Waals surface area contributed by atoms with Gasteiger partial charge >= 0.3 is 0 Å². The van der Waals surface area contributed by atoms with E-state index < -0.39 is 0 Å². The summed E-state index contributed by atoms with van der Waals surface area (Å²) in [5.41, 5.74) is 2.38. The van der Waals surface area contributed by atoms with Crippen molar-refractivity contribution in [3.05, 3.63) is 36.7 Å². The molecule has 1 aromatic heterocycles. The van der Waals surface area contributed by atoms with Gasteiger partial charge in [0.2, 0.25) is 0 Å². The van der Waals surface area contributed by atoms with Crippen LogP contribution in [0.25, 0.3) is 0 Å². The first-order chi connectivity index (χ1) is 12.3. The summed E-state index contributed by atoms with van der Waals surface area (Å²) in [5.74, 6) is 2.71. The molecule has 2 aliphatic heterocycles. The Balaban J connectivity index is 1.43. The van der Waals surface area contributed by atoms with Crippen LogP contribution in [0.2, 0.25) is 0 Å². The second-order valence-corrected chi connectivity index (χ2v) is 7.30. The van der Waals surface area contributed by atoms with Gasteiger partial charge in [-0.05, 0) is 55.9 Å². The molecule has 1 aromatic carbocycles. The van der Waals surface area contributed by atoms with Crippen molar-refractivity contribution in [2.24, 2.45) is 5.92 Å². The van der Waals surface area contributed by atoms with E-state index in [0.29, 0.717) is 0 Å². The molecular formula is C20H27N5. The van der Waals surface area contributed by atoms with Crippen molar-refractivity contribution >= 4 is 23.0 Å². The molecule has 0 saturated carbocycles. The van der Waals surface area contributed by atoms with Crippen LogP contribution >= 0.6 is 0 Å². The molecule has 0 unspecified atom stereocenters. The molecule has 1 N–H and O–H groups in total. The normalized spacial score (nSPS) is 18.6. The molecule has 0 bridgehead atoms. The van der Waals surface area contributed by atoms with Crippen molar-refractivity contribution in [2.45, 2.75) is 32.6 Å². The Morgan fingerprint density at radius 1 is 0.920 bits per heavy atom. The van der Waals surface area contributed by atoms with Crippen LogP contribution in [0.4, 0.5) is 23.0 Å². The van der Waals surface area contributed by atoms with E-state index in [2.05, 4.69) is 62.3 Å². The van der Waals surface area contributed by atoms with E-state index >= 15 is 0 Å². The first kappa shape index (κ1) is 16.2. The minimum Gasteiger partial charge on any atom is -0.372 e. The van der Waals surface area contributed by atoms with E-state index in [9.17, 15) is 0 Å². The molecule has 2 fully saturated rings. The van der Waals surface area contributed by atoms with Crippen LogP contribution in [-0.2, 0) is 0 Å². The molecule has 0 spiro atoms. The van der Waals surface area contributed by atoms with E-state index in [1.807, 2.05) is 0 Å². The summed E-state index contributed by atoms with van der Waals surface area (Å²) < 4.78 is 0. The predicted molar refractivity (Wildman–Crippen MR) is 104 cm³/mol. The second kappa shape index (κ2) is 7.30. The Labute approximate surface area is 150 Å². The van der Waals surface area contributed by atoms with Crippen molar-refractivity contribution in [1.82, 2.24) is 9.97 Å². The number of anilines is 4. The van der Waals surface area contributed by atoms with Crippen molar-refractivity contribution in [3.8, 4) is 0 Å². The maximum absolute atomic E-state index is 4.46. The minimum absolute atomic E-state index is 0.824. The van der Waals surface area contributed by atoms with Crippen molar-refractivity contribution in [3.63, 3.8) is 0 Å². The fraction of sp³-hybridized carbons (Fsp3) is 0.500. The molecule has 2 aliphatic rings. The Bertz CT molecular complexity index is 685. The fourth-order valence-electron chi connectivity index (χ4n) is 3.70. The van der Waals surface area contributed by atoms with Gasteiger partial charge < -0.3 is 15.1 Å². The summed E-state index contributed by atoms with van der Waals surface area (Å²) in [6, 6.07) is 10.7. The molecular weight excluding hydrogens is 310 g/mol. The van der Waals surface area contributed by atoms with E-state index in [0.717, 1.165) is 36.3 Å². The summed E-state index contributed by atoms with van der Waals surface area (Å²) in [5, 5.41) is 3.41. The van der Waals surface area contributed by atoms with Gasteiger partial charge in [0.15, 0.2) is 0 Å². The number of piperidine rings is 1.